The van der Waals surface area contributed by atoms with Gasteiger partial charge in [0.05, 0.1) is 25.2 Å². The average molecular weight is 315 g/mol. The van der Waals surface area contributed by atoms with E-state index in [0.29, 0.717) is 6.61 Å². The van der Waals surface area contributed by atoms with Gasteiger partial charge in [-0.15, -0.1) is 0 Å². The van der Waals surface area contributed by atoms with E-state index in [9.17, 15) is 5.11 Å². The Morgan fingerprint density at radius 3 is 2.87 bits per heavy atom. The highest BCUT2D eigenvalue weighted by molar-refractivity contribution is 5.27. The number of aromatic nitrogens is 2. The summed E-state index contributed by atoms with van der Waals surface area (Å²) in [7, 11) is 2.01. The van der Waals surface area contributed by atoms with E-state index in [2.05, 4.69) is 28.9 Å². The normalized spacial score (nSPS) is 22.4. The molecule has 1 aliphatic rings. The molecule has 1 N–H and O–H groups in total. The molecule has 1 unspecified atom stereocenters. The fraction of sp³-hybridized carbons (Fsp3) is 0.500. The topological polar surface area (TPSA) is 50.5 Å². The van der Waals surface area contributed by atoms with Crippen LogP contribution >= 0.6 is 0 Å². The van der Waals surface area contributed by atoms with Crippen LogP contribution in [0.4, 0.5) is 0 Å². The Kier molecular flexibility index (Phi) is 4.80. The minimum atomic E-state index is -0.525. The van der Waals surface area contributed by atoms with Crippen molar-refractivity contribution in [2.75, 3.05) is 26.3 Å². The molecule has 23 heavy (non-hydrogen) atoms. The van der Waals surface area contributed by atoms with Gasteiger partial charge in [0, 0.05) is 39.3 Å². The van der Waals surface area contributed by atoms with Crippen molar-refractivity contribution in [2.45, 2.75) is 25.5 Å². The molecule has 1 fully saturated rings. The molecule has 124 valence electrons. The number of hydrogen-bond acceptors (Lipinski definition) is 4. The van der Waals surface area contributed by atoms with Gasteiger partial charge in [-0.25, -0.2) is 4.98 Å². The predicted molar refractivity (Wildman–Crippen MR) is 89.1 cm³/mol. The third-order valence-corrected chi connectivity index (χ3v) is 4.69. The maximum Gasteiger partial charge on any atom is 0.108 e. The number of ether oxygens (including phenoxy) is 1. The molecule has 2 heterocycles. The van der Waals surface area contributed by atoms with Gasteiger partial charge in [0.1, 0.15) is 5.60 Å². The van der Waals surface area contributed by atoms with Crippen molar-refractivity contribution in [3.63, 3.8) is 0 Å². The van der Waals surface area contributed by atoms with Gasteiger partial charge in [-0.05, 0) is 18.1 Å². The lowest BCUT2D eigenvalue weighted by atomic mass is 9.91. The summed E-state index contributed by atoms with van der Waals surface area (Å²) in [5.74, 6) is 0. The second kappa shape index (κ2) is 6.83. The fourth-order valence-electron chi connectivity index (χ4n) is 3.24. The van der Waals surface area contributed by atoms with Crippen LogP contribution in [0.2, 0.25) is 0 Å². The molecule has 0 bridgehead atoms. The van der Waals surface area contributed by atoms with E-state index in [1.54, 1.807) is 0 Å². The van der Waals surface area contributed by atoms with Gasteiger partial charge < -0.3 is 14.4 Å². The molecule has 0 radical (unpaired) electrons. The standard InChI is InChI=1S/C18H25N3O2/c1-15-5-3-4-6-16(15)9-18(13-22)12-21(7-8-23-18)11-17-10-19-14-20(17)2/h3-6,10,14,22H,7-9,11-13H2,1-2H3. The monoisotopic (exact) mass is 315 g/mol. The lowest BCUT2D eigenvalue weighted by Crippen LogP contribution is -2.55. The first-order valence-electron chi connectivity index (χ1n) is 8.09. The molecule has 5 heteroatoms. The van der Waals surface area contributed by atoms with Gasteiger partial charge in [0.2, 0.25) is 0 Å². The molecule has 1 aromatic carbocycles. The highest BCUT2D eigenvalue weighted by Gasteiger charge is 2.36. The smallest absolute Gasteiger partial charge is 0.108 e. The van der Waals surface area contributed by atoms with Gasteiger partial charge >= 0.3 is 0 Å². The van der Waals surface area contributed by atoms with Gasteiger partial charge in [0.15, 0.2) is 0 Å². The third-order valence-electron chi connectivity index (χ3n) is 4.69. The van der Waals surface area contributed by atoms with Crippen molar-refractivity contribution in [2.24, 2.45) is 7.05 Å². The van der Waals surface area contributed by atoms with E-state index in [4.69, 9.17) is 4.74 Å². The number of aryl methyl sites for hydroxylation is 2. The summed E-state index contributed by atoms with van der Waals surface area (Å²) in [5.41, 5.74) is 3.13. The molecule has 1 atom stereocenters. The van der Waals surface area contributed by atoms with E-state index in [0.717, 1.165) is 26.1 Å². The number of aliphatic hydroxyl groups excluding tert-OH is 1. The lowest BCUT2D eigenvalue weighted by molar-refractivity contribution is -0.134. The molecule has 2 aromatic rings. The van der Waals surface area contributed by atoms with Crippen molar-refractivity contribution in [3.8, 4) is 0 Å². The van der Waals surface area contributed by atoms with Crippen LogP contribution in [0.3, 0.4) is 0 Å². The maximum atomic E-state index is 10.0. The molecule has 1 aliphatic heterocycles. The van der Waals surface area contributed by atoms with Crippen LogP contribution in [0, 0.1) is 6.92 Å². The molecule has 5 nitrogen and oxygen atoms in total. The molecule has 0 aliphatic carbocycles. The zero-order valence-corrected chi connectivity index (χ0v) is 13.9. The minimum absolute atomic E-state index is 0.0310. The van der Waals surface area contributed by atoms with Crippen molar-refractivity contribution in [1.29, 1.82) is 0 Å². The van der Waals surface area contributed by atoms with Crippen LogP contribution in [-0.2, 0) is 24.8 Å². The number of aliphatic hydroxyl groups is 1. The van der Waals surface area contributed by atoms with Crippen molar-refractivity contribution < 1.29 is 9.84 Å². The summed E-state index contributed by atoms with van der Waals surface area (Å²) < 4.78 is 8.08. The van der Waals surface area contributed by atoms with Gasteiger partial charge in [-0.2, -0.15) is 0 Å². The second-order valence-corrected chi connectivity index (χ2v) is 6.50. The zero-order valence-electron chi connectivity index (χ0n) is 13.9. The summed E-state index contributed by atoms with van der Waals surface area (Å²) in [4.78, 5) is 6.52. The number of hydrogen-bond donors (Lipinski definition) is 1. The Morgan fingerprint density at radius 1 is 1.35 bits per heavy atom. The first kappa shape index (κ1) is 16.2. The number of morpholine rings is 1. The Bertz CT molecular complexity index is 655. The Balaban J connectivity index is 1.74. The molecule has 1 saturated heterocycles. The molecule has 3 rings (SSSR count). The SMILES string of the molecule is Cc1ccccc1CC1(CO)CN(Cc2cncn2C)CCO1. The summed E-state index contributed by atoms with van der Waals surface area (Å²) in [6.07, 6.45) is 4.46. The Hall–Kier alpha value is -1.69. The molecule has 1 aromatic heterocycles. The minimum Gasteiger partial charge on any atom is -0.393 e. The Labute approximate surface area is 137 Å². The van der Waals surface area contributed by atoms with Gasteiger partial charge in [0.25, 0.3) is 0 Å². The van der Waals surface area contributed by atoms with E-state index in [1.807, 2.05) is 36.3 Å². The van der Waals surface area contributed by atoms with Crippen LogP contribution in [-0.4, -0.2) is 51.5 Å². The third kappa shape index (κ3) is 3.63. The summed E-state index contributed by atoms with van der Waals surface area (Å²) >= 11 is 0. The maximum absolute atomic E-state index is 10.0. The van der Waals surface area contributed by atoms with E-state index >= 15 is 0 Å². The fourth-order valence-corrected chi connectivity index (χ4v) is 3.24. The first-order valence-corrected chi connectivity index (χ1v) is 8.09. The predicted octanol–water partition coefficient (Wildman–Crippen LogP) is 1.53. The van der Waals surface area contributed by atoms with Crippen LogP contribution in [0.5, 0.6) is 0 Å². The van der Waals surface area contributed by atoms with Crippen molar-refractivity contribution >= 4 is 0 Å². The van der Waals surface area contributed by atoms with Crippen LogP contribution in [0.1, 0.15) is 16.8 Å². The van der Waals surface area contributed by atoms with Crippen LogP contribution < -0.4 is 0 Å². The van der Waals surface area contributed by atoms with E-state index in [-0.39, 0.29) is 6.61 Å². The summed E-state index contributed by atoms with van der Waals surface area (Å²) in [5, 5.41) is 10.0. The molecule has 0 spiro atoms. The number of rotatable bonds is 5. The first-order chi connectivity index (χ1) is 11.1. The van der Waals surface area contributed by atoms with Crippen molar-refractivity contribution in [3.05, 3.63) is 53.6 Å². The number of benzene rings is 1. The molecular weight excluding hydrogens is 290 g/mol. The number of imidazole rings is 1. The Morgan fingerprint density at radius 2 is 2.17 bits per heavy atom. The largest absolute Gasteiger partial charge is 0.393 e. The summed E-state index contributed by atoms with van der Waals surface area (Å²) in [6, 6.07) is 8.32. The quantitative estimate of drug-likeness (QED) is 0.909. The van der Waals surface area contributed by atoms with E-state index < -0.39 is 5.60 Å². The molecule has 0 amide bonds. The van der Waals surface area contributed by atoms with Crippen LogP contribution in [0.15, 0.2) is 36.8 Å². The average Bonchev–Trinajstić information content (AvgIpc) is 2.95. The zero-order chi connectivity index (χ0) is 16.3. The number of nitrogens with zero attached hydrogens (tertiary/aromatic N) is 3. The van der Waals surface area contributed by atoms with Crippen LogP contribution in [0.25, 0.3) is 0 Å². The van der Waals surface area contributed by atoms with Gasteiger partial charge in [-0.3, -0.25) is 4.90 Å². The highest BCUT2D eigenvalue weighted by atomic mass is 16.5. The molecular formula is C18H25N3O2. The summed E-state index contributed by atoms with van der Waals surface area (Å²) in [6.45, 7) is 5.21. The van der Waals surface area contributed by atoms with Crippen molar-refractivity contribution in [1.82, 2.24) is 14.5 Å². The van der Waals surface area contributed by atoms with Gasteiger partial charge in [-0.1, -0.05) is 24.3 Å². The molecule has 0 saturated carbocycles. The van der Waals surface area contributed by atoms with E-state index in [1.165, 1.54) is 16.8 Å². The highest BCUT2D eigenvalue weighted by Crippen LogP contribution is 2.25. The second-order valence-electron chi connectivity index (χ2n) is 6.50. The lowest BCUT2D eigenvalue weighted by Gasteiger charge is -2.42.